The molecule has 3 aromatic rings. The van der Waals surface area contributed by atoms with Crippen molar-refractivity contribution in [2.45, 2.75) is 20.0 Å². The smallest absolute Gasteiger partial charge is 0.162 e. The largest absolute Gasteiger partial charge is 0.491 e. The van der Waals surface area contributed by atoms with Crippen LogP contribution >= 0.6 is 0 Å². The highest BCUT2D eigenvalue weighted by Gasteiger charge is 2.21. The summed E-state index contributed by atoms with van der Waals surface area (Å²) in [4.78, 5) is 14.4. The predicted molar refractivity (Wildman–Crippen MR) is 128 cm³/mol. The van der Waals surface area contributed by atoms with E-state index in [0.29, 0.717) is 18.1 Å². The van der Waals surface area contributed by atoms with Crippen LogP contribution in [0.3, 0.4) is 0 Å². The van der Waals surface area contributed by atoms with Crippen LogP contribution in [0.1, 0.15) is 11.5 Å². The normalized spacial score (nSPS) is 15.6. The zero-order chi connectivity index (χ0) is 23.4. The second-order valence-corrected chi connectivity index (χ2v) is 8.47. The van der Waals surface area contributed by atoms with Crippen molar-refractivity contribution in [3.63, 3.8) is 0 Å². The molecule has 0 spiro atoms. The van der Waals surface area contributed by atoms with Crippen molar-refractivity contribution < 1.29 is 14.4 Å². The van der Waals surface area contributed by atoms with E-state index >= 15 is 0 Å². The van der Waals surface area contributed by atoms with Crippen molar-refractivity contribution in [2.24, 2.45) is 0 Å². The first kappa shape index (κ1) is 23.2. The lowest BCUT2D eigenvalue weighted by molar-refractivity contribution is 0.108. The van der Waals surface area contributed by atoms with Crippen molar-refractivity contribution in [1.82, 2.24) is 25.3 Å². The fraction of sp³-hybridized carbons (Fsp3) is 0.458. The molecule has 1 atom stereocenters. The van der Waals surface area contributed by atoms with Crippen LogP contribution in [-0.2, 0) is 0 Å². The highest BCUT2D eigenvalue weighted by Crippen LogP contribution is 2.31. The van der Waals surface area contributed by atoms with Gasteiger partial charge in [-0.05, 0) is 40.1 Å². The van der Waals surface area contributed by atoms with Crippen molar-refractivity contribution in [3.05, 3.63) is 41.8 Å². The minimum Gasteiger partial charge on any atom is -0.491 e. The lowest BCUT2D eigenvalue weighted by Crippen LogP contribution is -2.44. The Morgan fingerprint density at radius 1 is 1.15 bits per heavy atom. The summed E-state index contributed by atoms with van der Waals surface area (Å²) in [6.07, 6.45) is -0.582. The fourth-order valence-corrected chi connectivity index (χ4v) is 3.95. The van der Waals surface area contributed by atoms with Gasteiger partial charge in [0.1, 0.15) is 30.0 Å². The van der Waals surface area contributed by atoms with Gasteiger partial charge < -0.3 is 29.5 Å². The number of benzene rings is 1. The first-order chi connectivity index (χ1) is 15.9. The van der Waals surface area contributed by atoms with E-state index in [-0.39, 0.29) is 6.61 Å². The summed E-state index contributed by atoms with van der Waals surface area (Å²) in [5.41, 5.74) is 3.34. The molecule has 176 valence electrons. The molecule has 33 heavy (non-hydrogen) atoms. The Morgan fingerprint density at radius 2 is 1.94 bits per heavy atom. The Morgan fingerprint density at radius 3 is 2.64 bits per heavy atom. The third-order valence-corrected chi connectivity index (χ3v) is 5.80. The quantitative estimate of drug-likeness (QED) is 0.532. The summed E-state index contributed by atoms with van der Waals surface area (Å²) in [6, 6.07) is 9.69. The molecule has 1 fully saturated rings. The standard InChI is InChI=1S/C24H32N6O3/c1-16-23(17(2)33-28-16)21-13-22(30-10-8-29(4)9-11-30)27-24(26-21)18-6-5-7-20(12-18)32-15-19(31)14-25-3/h5-7,12-13,19,25,31H,8-11,14-15H2,1-4H3. The average molecular weight is 453 g/mol. The number of piperazine rings is 1. The number of anilines is 1. The van der Waals surface area contributed by atoms with Crippen LogP contribution in [0.5, 0.6) is 5.75 Å². The third-order valence-electron chi connectivity index (χ3n) is 5.80. The Balaban J connectivity index is 1.69. The van der Waals surface area contributed by atoms with E-state index < -0.39 is 6.10 Å². The molecule has 1 aromatic carbocycles. The van der Waals surface area contributed by atoms with Gasteiger partial charge in [-0.2, -0.15) is 0 Å². The van der Waals surface area contributed by atoms with E-state index in [1.54, 1.807) is 7.05 Å². The monoisotopic (exact) mass is 452 g/mol. The van der Waals surface area contributed by atoms with Gasteiger partial charge in [-0.3, -0.25) is 0 Å². The number of hydrogen-bond acceptors (Lipinski definition) is 9. The SMILES string of the molecule is CNCC(O)COc1cccc(-c2nc(-c3c(C)noc3C)cc(N3CCN(C)CC3)n2)c1. The minimum atomic E-state index is -0.582. The first-order valence-corrected chi connectivity index (χ1v) is 11.3. The number of nitrogens with one attached hydrogen (secondary N) is 1. The van der Waals surface area contributed by atoms with Gasteiger partial charge in [0, 0.05) is 44.4 Å². The second kappa shape index (κ2) is 10.3. The maximum Gasteiger partial charge on any atom is 0.162 e. The Labute approximate surface area is 194 Å². The molecular formula is C24H32N6O3. The number of aryl methyl sites for hydroxylation is 2. The molecule has 9 heteroatoms. The minimum absolute atomic E-state index is 0.205. The number of aromatic nitrogens is 3. The molecule has 1 aliphatic rings. The Hall–Kier alpha value is -3.01. The second-order valence-electron chi connectivity index (χ2n) is 8.47. The van der Waals surface area contributed by atoms with Crippen LogP contribution in [0.2, 0.25) is 0 Å². The predicted octanol–water partition coefficient (Wildman–Crippen LogP) is 2.13. The van der Waals surface area contributed by atoms with Gasteiger partial charge in [-0.1, -0.05) is 17.3 Å². The molecule has 0 bridgehead atoms. The zero-order valence-corrected chi connectivity index (χ0v) is 19.7. The summed E-state index contributed by atoms with van der Waals surface area (Å²) in [5.74, 6) is 2.90. The van der Waals surface area contributed by atoms with E-state index in [2.05, 4.69) is 27.3 Å². The van der Waals surface area contributed by atoms with Crippen molar-refractivity contribution in [1.29, 1.82) is 0 Å². The van der Waals surface area contributed by atoms with Gasteiger partial charge in [-0.15, -0.1) is 0 Å². The van der Waals surface area contributed by atoms with Gasteiger partial charge in [-0.25, -0.2) is 9.97 Å². The van der Waals surface area contributed by atoms with Gasteiger partial charge in [0.2, 0.25) is 0 Å². The molecule has 0 saturated carbocycles. The maximum absolute atomic E-state index is 9.95. The van der Waals surface area contributed by atoms with Crippen LogP contribution in [0, 0.1) is 13.8 Å². The molecule has 1 unspecified atom stereocenters. The lowest BCUT2D eigenvalue weighted by Gasteiger charge is -2.33. The van der Waals surface area contributed by atoms with E-state index in [0.717, 1.165) is 60.3 Å². The molecule has 0 amide bonds. The van der Waals surface area contributed by atoms with Gasteiger partial charge in [0.25, 0.3) is 0 Å². The van der Waals surface area contributed by atoms with Crippen molar-refractivity contribution in [3.8, 4) is 28.4 Å². The highest BCUT2D eigenvalue weighted by atomic mass is 16.5. The van der Waals surface area contributed by atoms with Crippen LogP contribution < -0.4 is 15.0 Å². The molecule has 1 aliphatic heterocycles. The van der Waals surface area contributed by atoms with Gasteiger partial charge in [0.15, 0.2) is 5.82 Å². The first-order valence-electron chi connectivity index (χ1n) is 11.3. The number of rotatable bonds is 8. The number of aliphatic hydroxyl groups is 1. The van der Waals surface area contributed by atoms with Gasteiger partial charge in [0.05, 0.1) is 17.0 Å². The van der Waals surface area contributed by atoms with Crippen molar-refractivity contribution in [2.75, 3.05) is 58.3 Å². The van der Waals surface area contributed by atoms with Gasteiger partial charge >= 0.3 is 0 Å². The van der Waals surface area contributed by atoms with Crippen LogP contribution in [0.25, 0.3) is 22.6 Å². The summed E-state index contributed by atoms with van der Waals surface area (Å²) in [5, 5.41) is 17.0. The van der Waals surface area contributed by atoms with Crippen LogP contribution in [-0.4, -0.2) is 84.7 Å². The summed E-state index contributed by atoms with van der Waals surface area (Å²) >= 11 is 0. The molecular weight excluding hydrogens is 420 g/mol. The molecule has 3 heterocycles. The molecule has 0 radical (unpaired) electrons. The molecule has 4 rings (SSSR count). The summed E-state index contributed by atoms with van der Waals surface area (Å²) in [6.45, 7) is 8.27. The van der Waals surface area contributed by atoms with Crippen LogP contribution in [0.4, 0.5) is 5.82 Å². The maximum atomic E-state index is 9.95. The average Bonchev–Trinajstić information content (AvgIpc) is 3.16. The topological polar surface area (TPSA) is 99.8 Å². The number of nitrogens with zero attached hydrogens (tertiary/aromatic N) is 5. The number of aliphatic hydroxyl groups excluding tert-OH is 1. The molecule has 2 aromatic heterocycles. The lowest BCUT2D eigenvalue weighted by atomic mass is 10.1. The molecule has 0 aliphatic carbocycles. The Bertz CT molecular complexity index is 1060. The van der Waals surface area contributed by atoms with E-state index in [1.165, 1.54) is 0 Å². The van der Waals surface area contributed by atoms with Crippen LogP contribution in [0.15, 0.2) is 34.9 Å². The molecule has 9 nitrogen and oxygen atoms in total. The molecule has 1 saturated heterocycles. The van der Waals surface area contributed by atoms with E-state index in [1.807, 2.05) is 44.2 Å². The number of hydrogen-bond donors (Lipinski definition) is 2. The fourth-order valence-electron chi connectivity index (χ4n) is 3.95. The van der Waals surface area contributed by atoms with E-state index in [9.17, 15) is 5.11 Å². The third kappa shape index (κ3) is 5.50. The number of ether oxygens (including phenoxy) is 1. The molecule has 2 N–H and O–H groups in total. The number of likely N-dealkylation sites (N-methyl/N-ethyl adjacent to an activating group) is 2. The Kier molecular flexibility index (Phi) is 7.22. The summed E-state index contributed by atoms with van der Waals surface area (Å²) in [7, 11) is 3.93. The van der Waals surface area contributed by atoms with Crippen molar-refractivity contribution >= 4 is 5.82 Å². The summed E-state index contributed by atoms with van der Waals surface area (Å²) < 4.78 is 11.2. The highest BCUT2D eigenvalue weighted by molar-refractivity contribution is 5.71. The van der Waals surface area contributed by atoms with E-state index in [4.69, 9.17) is 19.2 Å². The zero-order valence-electron chi connectivity index (χ0n) is 19.7.